The first-order chi connectivity index (χ1) is 11.6. The number of hydrogen-bond acceptors (Lipinski definition) is 3. The van der Waals surface area contributed by atoms with E-state index in [1.807, 2.05) is 62.5 Å². The fourth-order valence-corrected chi connectivity index (χ4v) is 3.74. The minimum absolute atomic E-state index is 0.0155. The van der Waals surface area contributed by atoms with Crippen molar-refractivity contribution in [2.45, 2.75) is 6.92 Å². The molecule has 0 N–H and O–H groups in total. The second kappa shape index (κ2) is 5.73. The molecule has 0 bridgehead atoms. The summed E-state index contributed by atoms with van der Waals surface area (Å²) in [5.74, 6) is -0.0155. The number of thiazole rings is 1. The number of fused-ring (bicyclic) bond motifs is 2. The van der Waals surface area contributed by atoms with Crippen molar-refractivity contribution in [2.24, 2.45) is 0 Å². The lowest BCUT2D eigenvalue weighted by atomic mass is 10.1. The summed E-state index contributed by atoms with van der Waals surface area (Å²) in [6.07, 6.45) is 0. The number of anilines is 1. The first kappa shape index (κ1) is 14.8. The van der Waals surface area contributed by atoms with Gasteiger partial charge in [0, 0.05) is 18.3 Å². The van der Waals surface area contributed by atoms with Gasteiger partial charge in [-0.3, -0.25) is 4.79 Å². The normalized spacial score (nSPS) is 11.1. The smallest absolute Gasteiger partial charge is 0.258 e. The average molecular weight is 332 g/mol. The Hall–Kier alpha value is -2.72. The van der Waals surface area contributed by atoms with Crippen molar-refractivity contribution >= 4 is 43.9 Å². The molecule has 0 aliphatic heterocycles. The zero-order valence-electron chi connectivity index (χ0n) is 13.5. The van der Waals surface area contributed by atoms with E-state index < -0.39 is 0 Å². The molecule has 0 fully saturated rings. The molecule has 24 heavy (non-hydrogen) atoms. The van der Waals surface area contributed by atoms with Crippen molar-refractivity contribution in [3.8, 4) is 0 Å². The summed E-state index contributed by atoms with van der Waals surface area (Å²) in [4.78, 5) is 19.0. The van der Waals surface area contributed by atoms with E-state index in [4.69, 9.17) is 0 Å². The minimum Gasteiger partial charge on any atom is -0.311 e. The maximum Gasteiger partial charge on any atom is 0.258 e. The van der Waals surface area contributed by atoms with Crippen molar-refractivity contribution in [3.05, 3.63) is 71.2 Å². The minimum atomic E-state index is -0.0155. The van der Waals surface area contributed by atoms with Crippen molar-refractivity contribution in [2.75, 3.05) is 11.9 Å². The average Bonchev–Trinajstić information content (AvgIpc) is 2.99. The van der Waals surface area contributed by atoms with Crippen LogP contribution in [0.1, 0.15) is 15.4 Å². The van der Waals surface area contributed by atoms with Crippen LogP contribution in [-0.4, -0.2) is 17.9 Å². The van der Waals surface area contributed by atoms with Crippen LogP contribution in [0.2, 0.25) is 0 Å². The van der Waals surface area contributed by atoms with Gasteiger partial charge in [0.2, 0.25) is 0 Å². The van der Waals surface area contributed by atoms with Crippen LogP contribution in [0.5, 0.6) is 0 Å². The lowest BCUT2D eigenvalue weighted by Crippen LogP contribution is -2.26. The molecule has 0 saturated carbocycles. The van der Waals surface area contributed by atoms with Crippen LogP contribution < -0.4 is 4.90 Å². The van der Waals surface area contributed by atoms with E-state index in [1.165, 1.54) is 5.39 Å². The third kappa shape index (κ3) is 2.55. The molecule has 0 spiro atoms. The van der Waals surface area contributed by atoms with Crippen molar-refractivity contribution in [1.82, 2.24) is 4.98 Å². The van der Waals surface area contributed by atoms with Gasteiger partial charge < -0.3 is 4.90 Å². The predicted molar refractivity (Wildman–Crippen MR) is 101 cm³/mol. The van der Waals surface area contributed by atoms with Crippen LogP contribution >= 0.6 is 11.3 Å². The molecule has 118 valence electrons. The molecule has 0 atom stereocenters. The number of carbonyl (C=O) groups is 1. The lowest BCUT2D eigenvalue weighted by Gasteiger charge is -2.18. The maximum atomic E-state index is 12.8. The summed E-state index contributed by atoms with van der Waals surface area (Å²) in [5, 5.41) is 3.31. The van der Waals surface area contributed by atoms with Crippen LogP contribution in [-0.2, 0) is 0 Å². The molecule has 1 aromatic heterocycles. The highest BCUT2D eigenvalue weighted by Gasteiger charge is 2.15. The van der Waals surface area contributed by atoms with Gasteiger partial charge in [-0.15, -0.1) is 11.3 Å². The standard InChI is InChI=1S/C20H16N2OS/c1-13-21-18-10-8-16(12-19(18)24-13)20(23)22(2)17-9-7-14-5-3-4-6-15(14)11-17/h3-12H,1-2H3. The number of benzene rings is 3. The molecule has 4 aromatic rings. The number of carbonyl (C=O) groups excluding carboxylic acids is 1. The van der Waals surface area contributed by atoms with Crippen LogP contribution in [0, 0.1) is 6.92 Å². The van der Waals surface area contributed by atoms with Gasteiger partial charge in [0.25, 0.3) is 5.91 Å². The van der Waals surface area contributed by atoms with Gasteiger partial charge in [-0.2, -0.15) is 0 Å². The van der Waals surface area contributed by atoms with Gasteiger partial charge in [-0.1, -0.05) is 30.3 Å². The molecule has 3 aromatic carbocycles. The van der Waals surface area contributed by atoms with E-state index in [1.54, 1.807) is 16.2 Å². The van der Waals surface area contributed by atoms with E-state index in [0.29, 0.717) is 5.56 Å². The van der Waals surface area contributed by atoms with E-state index >= 15 is 0 Å². The van der Waals surface area contributed by atoms with E-state index in [2.05, 4.69) is 17.1 Å². The predicted octanol–water partition coefficient (Wildman–Crippen LogP) is 5.03. The van der Waals surface area contributed by atoms with E-state index in [0.717, 1.165) is 26.3 Å². The highest BCUT2D eigenvalue weighted by Crippen LogP contribution is 2.25. The first-order valence-electron chi connectivity index (χ1n) is 7.76. The van der Waals surface area contributed by atoms with Gasteiger partial charge in [0.05, 0.1) is 15.2 Å². The molecule has 1 amide bonds. The Kier molecular flexibility index (Phi) is 3.54. The Morgan fingerprint density at radius 3 is 2.62 bits per heavy atom. The molecular formula is C20H16N2OS. The summed E-state index contributed by atoms with van der Waals surface area (Å²) < 4.78 is 1.05. The molecule has 0 aliphatic rings. The summed E-state index contributed by atoms with van der Waals surface area (Å²) in [7, 11) is 1.81. The lowest BCUT2D eigenvalue weighted by molar-refractivity contribution is 0.0993. The van der Waals surface area contributed by atoms with Crippen LogP contribution in [0.4, 0.5) is 5.69 Å². The highest BCUT2D eigenvalue weighted by molar-refractivity contribution is 7.18. The largest absolute Gasteiger partial charge is 0.311 e. The molecule has 3 nitrogen and oxygen atoms in total. The Morgan fingerprint density at radius 2 is 1.79 bits per heavy atom. The second-order valence-corrected chi connectivity index (χ2v) is 7.05. The molecule has 0 radical (unpaired) electrons. The Bertz CT molecular complexity index is 1070. The molecular weight excluding hydrogens is 316 g/mol. The molecule has 0 saturated heterocycles. The van der Waals surface area contributed by atoms with Gasteiger partial charge >= 0.3 is 0 Å². The Morgan fingerprint density at radius 1 is 1.00 bits per heavy atom. The van der Waals surface area contributed by atoms with Gasteiger partial charge in [0.15, 0.2) is 0 Å². The maximum absolute atomic E-state index is 12.8. The van der Waals surface area contributed by atoms with E-state index in [9.17, 15) is 4.79 Å². The quantitative estimate of drug-likeness (QED) is 0.515. The Labute approximate surface area is 144 Å². The summed E-state index contributed by atoms with van der Waals surface area (Å²) in [5.41, 5.74) is 2.52. The van der Waals surface area contributed by atoms with Crippen LogP contribution in [0.25, 0.3) is 21.0 Å². The summed E-state index contributed by atoms with van der Waals surface area (Å²) in [6, 6.07) is 19.9. The molecule has 4 heteroatoms. The second-order valence-electron chi connectivity index (χ2n) is 5.81. The van der Waals surface area contributed by atoms with Crippen LogP contribution in [0.15, 0.2) is 60.7 Å². The summed E-state index contributed by atoms with van der Waals surface area (Å²) >= 11 is 1.61. The van der Waals surface area contributed by atoms with Crippen molar-refractivity contribution < 1.29 is 4.79 Å². The van der Waals surface area contributed by atoms with Gasteiger partial charge in [-0.25, -0.2) is 4.98 Å². The fraction of sp³-hybridized carbons (Fsp3) is 0.100. The zero-order chi connectivity index (χ0) is 16.7. The van der Waals surface area contributed by atoms with Crippen LogP contribution in [0.3, 0.4) is 0 Å². The number of amides is 1. The fourth-order valence-electron chi connectivity index (χ4n) is 2.87. The zero-order valence-corrected chi connectivity index (χ0v) is 14.3. The SMILES string of the molecule is Cc1nc2ccc(C(=O)N(C)c3ccc4ccccc4c3)cc2s1. The number of nitrogens with zero attached hydrogens (tertiary/aromatic N) is 2. The number of rotatable bonds is 2. The summed E-state index contributed by atoms with van der Waals surface area (Å²) in [6.45, 7) is 1.98. The van der Waals surface area contributed by atoms with Gasteiger partial charge in [0.1, 0.15) is 0 Å². The number of hydrogen-bond donors (Lipinski definition) is 0. The van der Waals surface area contributed by atoms with Crippen molar-refractivity contribution in [3.63, 3.8) is 0 Å². The first-order valence-corrected chi connectivity index (χ1v) is 8.57. The van der Waals surface area contributed by atoms with Gasteiger partial charge in [-0.05, 0) is 48.0 Å². The van der Waals surface area contributed by atoms with Crippen molar-refractivity contribution in [1.29, 1.82) is 0 Å². The molecule has 0 unspecified atom stereocenters. The Balaban J connectivity index is 1.70. The third-order valence-electron chi connectivity index (χ3n) is 4.17. The number of aromatic nitrogens is 1. The number of aryl methyl sites for hydroxylation is 1. The molecule has 4 rings (SSSR count). The monoisotopic (exact) mass is 332 g/mol. The highest BCUT2D eigenvalue weighted by atomic mass is 32.1. The topological polar surface area (TPSA) is 33.2 Å². The molecule has 0 aliphatic carbocycles. The van der Waals surface area contributed by atoms with E-state index in [-0.39, 0.29) is 5.91 Å². The molecule has 1 heterocycles. The third-order valence-corrected chi connectivity index (χ3v) is 5.10.